The number of nitrogens with zero attached hydrogens (tertiary/aromatic N) is 1. The molecule has 0 amide bonds. The molecule has 86 valence electrons. The lowest BCUT2D eigenvalue weighted by molar-refractivity contribution is 0.826. The molecule has 0 N–H and O–H groups in total. The van der Waals surface area contributed by atoms with Crippen LogP contribution in [0, 0.1) is 13.8 Å². The molecule has 0 spiro atoms. The van der Waals surface area contributed by atoms with Gasteiger partial charge in [0.1, 0.15) is 0 Å². The van der Waals surface area contributed by atoms with Crippen molar-refractivity contribution in [1.29, 1.82) is 0 Å². The Hall–Kier alpha value is -0.850. The summed E-state index contributed by atoms with van der Waals surface area (Å²) in [6.07, 6.45) is 3.03. The molecule has 0 saturated heterocycles. The molecule has 0 radical (unpaired) electrons. The summed E-state index contributed by atoms with van der Waals surface area (Å²) in [6.45, 7) is 15.0. The predicted octanol–water partition coefficient (Wildman–Crippen LogP) is 4.41. The first-order chi connectivity index (χ1) is 7.07. The van der Waals surface area contributed by atoms with Gasteiger partial charge in [-0.15, -0.1) is 0 Å². The van der Waals surface area contributed by atoms with Gasteiger partial charge in [0.15, 0.2) is 0 Å². The fourth-order valence-corrected chi connectivity index (χ4v) is 2.04. The van der Waals surface area contributed by atoms with Crippen molar-refractivity contribution in [2.75, 3.05) is 0 Å². The van der Waals surface area contributed by atoms with E-state index in [0.29, 0.717) is 5.92 Å². The summed E-state index contributed by atoms with van der Waals surface area (Å²) in [7, 11) is 0. The van der Waals surface area contributed by atoms with Crippen LogP contribution in [0.4, 0.5) is 0 Å². The van der Waals surface area contributed by atoms with E-state index in [0.717, 1.165) is 6.42 Å². The molecule has 1 heteroatoms. The Morgan fingerprint density at radius 3 is 2.13 bits per heavy atom. The first-order valence-corrected chi connectivity index (χ1v) is 6.02. The van der Waals surface area contributed by atoms with Gasteiger partial charge in [0.25, 0.3) is 0 Å². The molecule has 1 heterocycles. The highest BCUT2D eigenvalue weighted by atomic mass is 14.7. The van der Waals surface area contributed by atoms with Gasteiger partial charge in [0, 0.05) is 11.9 Å². The lowest BCUT2D eigenvalue weighted by atomic mass is 9.93. The number of rotatable bonds is 2. The van der Waals surface area contributed by atoms with Gasteiger partial charge >= 0.3 is 0 Å². The van der Waals surface area contributed by atoms with E-state index in [9.17, 15) is 0 Å². The van der Waals surface area contributed by atoms with E-state index in [-0.39, 0.29) is 0 Å². The van der Waals surface area contributed by atoms with E-state index in [2.05, 4.69) is 39.6 Å². The third-order valence-electron chi connectivity index (χ3n) is 2.59. The van der Waals surface area contributed by atoms with Crippen LogP contribution in [0.3, 0.4) is 0 Å². The highest BCUT2D eigenvalue weighted by molar-refractivity contribution is 5.37. The van der Waals surface area contributed by atoms with E-state index >= 15 is 0 Å². The zero-order chi connectivity index (χ0) is 12.0. The van der Waals surface area contributed by atoms with Crippen molar-refractivity contribution in [3.8, 4) is 0 Å². The largest absolute Gasteiger partial charge is 0.261 e. The lowest BCUT2D eigenvalue weighted by Crippen LogP contribution is -2.02. The Bertz CT molecular complexity index is 300. The smallest absolute Gasteiger partial charge is 0.0433 e. The average molecular weight is 207 g/mol. The predicted molar refractivity (Wildman–Crippen MR) is 68.5 cm³/mol. The minimum Gasteiger partial charge on any atom is -0.261 e. The molecule has 0 aliphatic carbocycles. The van der Waals surface area contributed by atoms with Crippen molar-refractivity contribution in [2.24, 2.45) is 0 Å². The summed E-state index contributed by atoms with van der Waals surface area (Å²) < 4.78 is 0. The summed E-state index contributed by atoms with van der Waals surface area (Å²) in [5.41, 5.74) is 5.43. The minimum absolute atomic E-state index is 0.605. The normalized spacial score (nSPS) is 9.87. The first-order valence-electron chi connectivity index (χ1n) is 6.02. The third kappa shape index (κ3) is 3.33. The molecule has 0 aliphatic heterocycles. The van der Waals surface area contributed by atoms with Crippen molar-refractivity contribution in [2.45, 2.75) is 60.8 Å². The fraction of sp³-hybridized carbons (Fsp3) is 0.643. The van der Waals surface area contributed by atoms with Crippen LogP contribution in [0.15, 0.2) is 6.20 Å². The SMILES string of the molecule is CC.CCc1ncc(C)c(C(C)C)c1C. The first kappa shape index (κ1) is 14.2. The van der Waals surface area contributed by atoms with Gasteiger partial charge in [-0.1, -0.05) is 34.6 Å². The van der Waals surface area contributed by atoms with Gasteiger partial charge in [-0.3, -0.25) is 4.98 Å². The van der Waals surface area contributed by atoms with Crippen molar-refractivity contribution >= 4 is 0 Å². The van der Waals surface area contributed by atoms with Crippen molar-refractivity contribution in [1.82, 2.24) is 4.98 Å². The maximum absolute atomic E-state index is 4.44. The van der Waals surface area contributed by atoms with Crippen molar-refractivity contribution in [3.05, 3.63) is 28.6 Å². The topological polar surface area (TPSA) is 12.9 Å². The second kappa shape index (κ2) is 6.60. The number of aromatic nitrogens is 1. The number of pyridine rings is 1. The molecule has 0 aliphatic rings. The Balaban J connectivity index is 0.000000921. The van der Waals surface area contributed by atoms with Crippen LogP contribution in [0.2, 0.25) is 0 Å². The van der Waals surface area contributed by atoms with E-state index in [1.165, 1.54) is 22.4 Å². The Morgan fingerprint density at radius 2 is 1.73 bits per heavy atom. The van der Waals surface area contributed by atoms with Crippen LogP contribution in [-0.2, 0) is 6.42 Å². The van der Waals surface area contributed by atoms with Gasteiger partial charge in [0.05, 0.1) is 0 Å². The van der Waals surface area contributed by atoms with Crippen LogP contribution in [-0.4, -0.2) is 4.98 Å². The van der Waals surface area contributed by atoms with Crippen LogP contribution < -0.4 is 0 Å². The standard InChI is InChI=1S/C12H19N.C2H6/c1-6-11-10(5)12(8(2)3)9(4)7-13-11;1-2/h7-8H,6H2,1-5H3;1-2H3. The highest BCUT2D eigenvalue weighted by Gasteiger charge is 2.10. The fourth-order valence-electron chi connectivity index (χ4n) is 2.04. The molecule has 0 bridgehead atoms. The van der Waals surface area contributed by atoms with Gasteiger partial charge in [-0.25, -0.2) is 0 Å². The number of aryl methyl sites for hydroxylation is 2. The molecule has 15 heavy (non-hydrogen) atoms. The van der Waals surface area contributed by atoms with Crippen molar-refractivity contribution < 1.29 is 0 Å². The Labute approximate surface area is 94.9 Å². The van der Waals surface area contributed by atoms with Crippen LogP contribution >= 0.6 is 0 Å². The second-order valence-electron chi connectivity index (χ2n) is 3.93. The molecule has 0 atom stereocenters. The quantitative estimate of drug-likeness (QED) is 0.700. The van der Waals surface area contributed by atoms with E-state index in [4.69, 9.17) is 0 Å². The molecular weight excluding hydrogens is 182 g/mol. The molecular formula is C14H25N. The van der Waals surface area contributed by atoms with Crippen molar-refractivity contribution in [3.63, 3.8) is 0 Å². The average Bonchev–Trinajstić information content (AvgIpc) is 2.20. The molecule has 0 fully saturated rings. The molecule has 1 rings (SSSR count). The number of hydrogen-bond donors (Lipinski definition) is 0. The van der Waals surface area contributed by atoms with Gasteiger partial charge < -0.3 is 0 Å². The van der Waals surface area contributed by atoms with E-state index in [1.807, 2.05) is 20.0 Å². The van der Waals surface area contributed by atoms with Crippen LogP contribution in [0.5, 0.6) is 0 Å². The Kier molecular flexibility index (Phi) is 6.23. The zero-order valence-corrected chi connectivity index (χ0v) is 11.3. The molecule has 0 aromatic carbocycles. The van der Waals surface area contributed by atoms with E-state index in [1.54, 1.807) is 0 Å². The molecule has 0 unspecified atom stereocenters. The summed E-state index contributed by atoms with van der Waals surface area (Å²) >= 11 is 0. The number of hydrogen-bond acceptors (Lipinski definition) is 1. The maximum Gasteiger partial charge on any atom is 0.0433 e. The molecule has 1 nitrogen and oxygen atoms in total. The van der Waals surface area contributed by atoms with E-state index < -0.39 is 0 Å². The molecule has 1 aromatic rings. The third-order valence-corrected chi connectivity index (χ3v) is 2.59. The highest BCUT2D eigenvalue weighted by Crippen LogP contribution is 2.24. The Morgan fingerprint density at radius 1 is 1.20 bits per heavy atom. The van der Waals surface area contributed by atoms with Gasteiger partial charge in [-0.05, 0) is 42.9 Å². The van der Waals surface area contributed by atoms with Crippen LogP contribution in [0.25, 0.3) is 0 Å². The maximum atomic E-state index is 4.44. The molecule has 1 aromatic heterocycles. The second-order valence-corrected chi connectivity index (χ2v) is 3.93. The zero-order valence-electron chi connectivity index (χ0n) is 11.3. The summed E-state index contributed by atoms with van der Waals surface area (Å²) in [5.74, 6) is 0.605. The van der Waals surface area contributed by atoms with Gasteiger partial charge in [-0.2, -0.15) is 0 Å². The summed E-state index contributed by atoms with van der Waals surface area (Å²) in [5, 5.41) is 0. The molecule has 0 saturated carbocycles. The summed E-state index contributed by atoms with van der Waals surface area (Å²) in [4.78, 5) is 4.44. The van der Waals surface area contributed by atoms with Crippen LogP contribution in [0.1, 0.15) is 62.9 Å². The monoisotopic (exact) mass is 207 g/mol. The summed E-state index contributed by atoms with van der Waals surface area (Å²) in [6, 6.07) is 0. The minimum atomic E-state index is 0.605. The lowest BCUT2D eigenvalue weighted by Gasteiger charge is -2.15. The van der Waals surface area contributed by atoms with Gasteiger partial charge in [0.2, 0.25) is 0 Å².